The first kappa shape index (κ1) is 34.9. The molecule has 3 atom stereocenters. The molecule has 3 saturated heterocycles. The molecule has 1 aromatic heterocycles. The van der Waals surface area contributed by atoms with E-state index in [4.69, 9.17) is 25.9 Å². The highest BCUT2D eigenvalue weighted by Crippen LogP contribution is 2.41. The van der Waals surface area contributed by atoms with E-state index in [1.807, 2.05) is 6.08 Å². The van der Waals surface area contributed by atoms with Crippen molar-refractivity contribution >= 4 is 34.1 Å². The first-order valence-electron chi connectivity index (χ1n) is 18.0. The number of hydrogen-bond acceptors (Lipinski definition) is 8. The summed E-state index contributed by atoms with van der Waals surface area (Å²) >= 11 is 0. The number of ether oxygens (including phenoxy) is 2. The van der Waals surface area contributed by atoms with Crippen molar-refractivity contribution in [1.29, 1.82) is 0 Å². The van der Waals surface area contributed by atoms with Gasteiger partial charge in [-0.25, -0.2) is 8.78 Å². The number of nitrogens with one attached hydrogen (secondary N) is 1. The predicted octanol–water partition coefficient (Wildman–Crippen LogP) is 5.96. The molecular weight excluding hydrogens is 652 g/mol. The minimum absolute atomic E-state index is 0.0495. The molecule has 1 amide bonds. The Bertz CT molecular complexity index is 1900. The summed E-state index contributed by atoms with van der Waals surface area (Å²) in [4.78, 5) is 26.7. The molecule has 3 fully saturated rings. The van der Waals surface area contributed by atoms with Gasteiger partial charge in [0.05, 0.1) is 16.8 Å². The van der Waals surface area contributed by atoms with Crippen LogP contribution in [0.15, 0.2) is 36.9 Å². The Balaban J connectivity index is 1.28. The lowest BCUT2D eigenvalue weighted by Crippen LogP contribution is -2.52. The standard InChI is InChI=1S/C40H45F2N5O4/c1-4-31-34(42)12-10-26-18-30(48)20-33(37(26)31)25-9-11-32-35(19-25)44-39(45-38(32)46-15-7-6-8-28(23-46)43-36(49)5-2)51-24-40(3)21-27(41)22-47(40)29-13-16-50-17-14-29/h1,5,10,12,18-20,27-29,48H,2,6-9,11,13-17,21-24H2,3H3,(H,43,49)/t27-,28?,40+/m1/s1. The van der Waals surface area contributed by atoms with E-state index in [0.717, 1.165) is 55.6 Å². The van der Waals surface area contributed by atoms with Gasteiger partial charge in [-0.05, 0) is 98.7 Å². The zero-order valence-electron chi connectivity index (χ0n) is 29.1. The number of aromatic nitrogens is 2. The summed E-state index contributed by atoms with van der Waals surface area (Å²) in [6.45, 7) is 8.85. The number of terminal acetylenes is 1. The molecule has 2 N–H and O–H groups in total. The second kappa shape index (κ2) is 14.6. The van der Waals surface area contributed by atoms with E-state index in [9.17, 15) is 14.3 Å². The van der Waals surface area contributed by atoms with Crippen LogP contribution in [0.2, 0.25) is 0 Å². The van der Waals surface area contributed by atoms with Crippen LogP contribution in [0.25, 0.3) is 22.4 Å². The predicted molar refractivity (Wildman–Crippen MR) is 194 cm³/mol. The van der Waals surface area contributed by atoms with Crippen molar-refractivity contribution in [2.45, 2.75) is 82.1 Å². The third kappa shape index (κ3) is 7.17. The van der Waals surface area contributed by atoms with Gasteiger partial charge in [0.1, 0.15) is 30.2 Å². The molecule has 7 rings (SSSR count). The normalized spacial score (nSPS) is 24.4. The lowest BCUT2D eigenvalue weighted by molar-refractivity contribution is -0.117. The Labute approximate surface area is 297 Å². The molecule has 1 unspecified atom stereocenters. The number of likely N-dealkylation sites (tertiary alicyclic amines) is 1. The number of amides is 1. The van der Waals surface area contributed by atoms with Gasteiger partial charge in [-0.2, -0.15) is 9.97 Å². The van der Waals surface area contributed by atoms with Crippen molar-refractivity contribution in [3.63, 3.8) is 0 Å². The largest absolute Gasteiger partial charge is 0.508 e. The summed E-state index contributed by atoms with van der Waals surface area (Å²) in [6.07, 6.45) is 14.0. The van der Waals surface area contributed by atoms with Gasteiger partial charge >= 0.3 is 6.01 Å². The van der Waals surface area contributed by atoms with E-state index in [2.05, 4.69) is 34.5 Å². The van der Waals surface area contributed by atoms with Crippen LogP contribution in [-0.4, -0.2) is 89.1 Å². The van der Waals surface area contributed by atoms with E-state index in [1.54, 1.807) is 18.2 Å². The van der Waals surface area contributed by atoms with Crippen molar-refractivity contribution in [3.05, 3.63) is 65.1 Å². The summed E-state index contributed by atoms with van der Waals surface area (Å²) < 4.78 is 42.1. The van der Waals surface area contributed by atoms with E-state index in [-0.39, 0.29) is 41.9 Å². The van der Waals surface area contributed by atoms with Gasteiger partial charge in [-0.3, -0.25) is 9.69 Å². The lowest BCUT2D eigenvalue weighted by Gasteiger charge is -2.41. The third-order valence-electron chi connectivity index (χ3n) is 10.9. The van der Waals surface area contributed by atoms with Crippen molar-refractivity contribution in [2.75, 3.05) is 44.4 Å². The minimum atomic E-state index is -0.957. The molecule has 3 aliphatic heterocycles. The number of allylic oxidation sites excluding steroid dienone is 1. The van der Waals surface area contributed by atoms with E-state index >= 15 is 4.39 Å². The fraction of sp³-hybridized carbons (Fsp3) is 0.475. The Morgan fingerprint density at radius 3 is 2.82 bits per heavy atom. The molecule has 11 heteroatoms. The average molecular weight is 698 g/mol. The summed E-state index contributed by atoms with van der Waals surface area (Å²) in [5.41, 5.74) is 2.68. The molecule has 1 aliphatic carbocycles. The number of rotatable bonds is 8. The first-order chi connectivity index (χ1) is 24.7. The van der Waals surface area contributed by atoms with E-state index < -0.39 is 17.5 Å². The van der Waals surface area contributed by atoms with Gasteiger partial charge in [-0.15, -0.1) is 6.42 Å². The highest BCUT2D eigenvalue weighted by Gasteiger charge is 2.46. The van der Waals surface area contributed by atoms with Crippen LogP contribution in [0, 0.1) is 18.2 Å². The number of phenols is 1. The highest BCUT2D eigenvalue weighted by atomic mass is 19.1. The molecule has 0 spiro atoms. The molecule has 0 radical (unpaired) electrons. The Morgan fingerprint density at radius 1 is 1.22 bits per heavy atom. The zero-order valence-corrected chi connectivity index (χ0v) is 29.1. The summed E-state index contributed by atoms with van der Waals surface area (Å²) in [5.74, 6) is 2.59. The molecule has 9 nitrogen and oxygen atoms in total. The summed E-state index contributed by atoms with van der Waals surface area (Å²) in [5, 5.41) is 15.0. The van der Waals surface area contributed by atoms with Gasteiger partial charge in [0.2, 0.25) is 5.91 Å². The van der Waals surface area contributed by atoms with Crippen molar-refractivity contribution < 1.29 is 28.2 Å². The Hall–Kier alpha value is -4.53. The van der Waals surface area contributed by atoms with Gasteiger partial charge in [-0.1, -0.05) is 18.6 Å². The van der Waals surface area contributed by atoms with Gasteiger partial charge in [0.15, 0.2) is 0 Å². The molecule has 268 valence electrons. The molecule has 51 heavy (non-hydrogen) atoms. The summed E-state index contributed by atoms with van der Waals surface area (Å²) in [6, 6.07) is 6.45. The van der Waals surface area contributed by atoms with Crippen LogP contribution in [0.5, 0.6) is 11.8 Å². The number of nitrogens with zero attached hydrogens (tertiary/aromatic N) is 4. The van der Waals surface area contributed by atoms with Crippen LogP contribution in [0.3, 0.4) is 0 Å². The van der Waals surface area contributed by atoms with Gasteiger partial charge < -0.3 is 24.8 Å². The summed E-state index contributed by atoms with van der Waals surface area (Å²) in [7, 11) is 0. The second-order valence-electron chi connectivity index (χ2n) is 14.5. The Kier molecular flexibility index (Phi) is 9.99. The molecule has 2 aromatic carbocycles. The van der Waals surface area contributed by atoms with Crippen LogP contribution < -0.4 is 15.0 Å². The monoisotopic (exact) mass is 697 g/mol. The van der Waals surface area contributed by atoms with Gasteiger partial charge in [0, 0.05) is 62.3 Å². The zero-order chi connectivity index (χ0) is 35.7. The Morgan fingerprint density at radius 2 is 2.04 bits per heavy atom. The smallest absolute Gasteiger partial charge is 0.318 e. The number of hydrogen-bond donors (Lipinski definition) is 2. The topological polar surface area (TPSA) is 100 Å². The number of halogens is 2. The number of fused-ring (bicyclic) bond motifs is 2. The number of alkyl halides is 1. The number of carbonyl (C=O) groups is 1. The maximum atomic E-state index is 15.0. The van der Waals surface area contributed by atoms with Crippen LogP contribution in [-0.2, 0) is 16.0 Å². The van der Waals surface area contributed by atoms with Gasteiger partial charge in [0.25, 0.3) is 0 Å². The molecule has 0 bridgehead atoms. The van der Waals surface area contributed by atoms with Crippen LogP contribution >= 0.6 is 0 Å². The molecule has 4 heterocycles. The fourth-order valence-electron chi connectivity index (χ4n) is 8.44. The maximum Gasteiger partial charge on any atom is 0.318 e. The number of carbonyl (C=O) groups excluding carboxylic acids is 1. The third-order valence-corrected chi connectivity index (χ3v) is 10.9. The number of anilines is 1. The van der Waals surface area contributed by atoms with E-state index in [0.29, 0.717) is 67.6 Å². The van der Waals surface area contributed by atoms with Crippen molar-refractivity contribution in [3.8, 4) is 24.1 Å². The van der Waals surface area contributed by atoms with Crippen LogP contribution in [0.1, 0.15) is 74.3 Å². The fourth-order valence-corrected chi connectivity index (χ4v) is 8.44. The lowest BCUT2D eigenvalue weighted by atomic mass is 9.87. The second-order valence-corrected chi connectivity index (χ2v) is 14.5. The molecule has 0 saturated carbocycles. The number of aromatic hydroxyl groups is 1. The minimum Gasteiger partial charge on any atom is -0.508 e. The van der Waals surface area contributed by atoms with E-state index in [1.165, 1.54) is 12.1 Å². The molecule has 3 aromatic rings. The molecule has 4 aliphatic rings. The van der Waals surface area contributed by atoms with Crippen LogP contribution in [0.4, 0.5) is 14.6 Å². The molecular formula is C40H45F2N5O4. The quantitative estimate of drug-likeness (QED) is 0.220. The SMILES string of the molecule is C#Cc1c(F)ccc2cc(O)cc(C3=Cc4nc(OC[C@]5(C)C[C@@H](F)CN5C5CCOCC5)nc(N5CCCCC(NC(=O)C=C)C5)c4CC3)c12. The average Bonchev–Trinajstić information content (AvgIpc) is 3.27. The first-order valence-corrected chi connectivity index (χ1v) is 18.0. The number of benzene rings is 2. The van der Waals surface area contributed by atoms with Crippen molar-refractivity contribution in [1.82, 2.24) is 20.2 Å². The number of phenolic OH excluding ortho intramolecular Hbond substituents is 1. The highest BCUT2D eigenvalue weighted by molar-refractivity contribution is 6.02. The maximum absolute atomic E-state index is 15.0. The van der Waals surface area contributed by atoms with Crippen molar-refractivity contribution in [2.24, 2.45) is 0 Å².